The van der Waals surface area contributed by atoms with E-state index in [4.69, 9.17) is 0 Å². The van der Waals surface area contributed by atoms with Gasteiger partial charge in [-0.3, -0.25) is 4.79 Å². The number of carbonyl (C=O) groups excluding carboxylic acids is 1. The highest BCUT2D eigenvalue weighted by molar-refractivity contribution is 6.07. The minimum atomic E-state index is -4.70. The zero-order valence-electron chi connectivity index (χ0n) is 14.4. The van der Waals surface area contributed by atoms with Crippen LogP contribution in [0.5, 0.6) is 0 Å². The number of para-hydroxylation sites is 1. The van der Waals surface area contributed by atoms with Gasteiger partial charge in [0.15, 0.2) is 0 Å². The molecule has 1 aromatic heterocycles. The van der Waals surface area contributed by atoms with Crippen molar-refractivity contribution in [2.45, 2.75) is 13.1 Å². The van der Waals surface area contributed by atoms with Crippen LogP contribution in [0.25, 0.3) is 11.1 Å². The summed E-state index contributed by atoms with van der Waals surface area (Å²) < 4.78 is 55.6. The van der Waals surface area contributed by atoms with Crippen molar-refractivity contribution in [1.82, 2.24) is 9.78 Å². The van der Waals surface area contributed by atoms with Crippen molar-refractivity contribution >= 4 is 11.6 Å². The van der Waals surface area contributed by atoms with E-state index in [9.17, 15) is 22.4 Å². The van der Waals surface area contributed by atoms with E-state index in [-0.39, 0.29) is 11.3 Å². The molecule has 1 amide bonds. The normalized spacial score (nSPS) is 11.5. The highest BCUT2D eigenvalue weighted by atomic mass is 19.4. The number of amides is 1. The van der Waals surface area contributed by atoms with Crippen LogP contribution in [0.2, 0.25) is 0 Å². The lowest BCUT2D eigenvalue weighted by Gasteiger charge is -2.18. The number of benzene rings is 2. The number of alkyl halides is 3. The third-order valence-electron chi connectivity index (χ3n) is 4.07. The Morgan fingerprint density at radius 1 is 1.07 bits per heavy atom. The maximum atomic E-state index is 14.2. The van der Waals surface area contributed by atoms with Gasteiger partial charge in [0.25, 0.3) is 5.91 Å². The molecule has 0 aliphatic heterocycles. The predicted octanol–water partition coefficient (Wildman–Crippen LogP) is 4.81. The number of nitrogens with one attached hydrogen (secondary N) is 1. The molecule has 2 aromatic carbocycles. The summed E-state index contributed by atoms with van der Waals surface area (Å²) in [5.74, 6) is -1.91. The summed E-state index contributed by atoms with van der Waals surface area (Å²) in [6, 6.07) is 11.9. The molecular weight excluding hydrogens is 362 g/mol. The Kier molecular flexibility index (Phi) is 4.73. The van der Waals surface area contributed by atoms with Crippen LogP contribution in [-0.4, -0.2) is 15.7 Å². The van der Waals surface area contributed by atoms with Crippen molar-refractivity contribution in [2.24, 2.45) is 7.05 Å². The summed E-state index contributed by atoms with van der Waals surface area (Å²) in [6.07, 6.45) is -4.70. The van der Waals surface area contributed by atoms with Crippen LogP contribution in [0.4, 0.5) is 23.2 Å². The Balaban J connectivity index is 2.14. The zero-order valence-corrected chi connectivity index (χ0v) is 14.4. The molecule has 27 heavy (non-hydrogen) atoms. The quantitative estimate of drug-likeness (QED) is 0.666. The second kappa shape index (κ2) is 6.86. The monoisotopic (exact) mass is 377 g/mol. The van der Waals surface area contributed by atoms with Crippen LogP contribution in [0.3, 0.4) is 0 Å². The second-order valence-electron chi connectivity index (χ2n) is 5.92. The molecule has 0 spiro atoms. The molecule has 0 saturated heterocycles. The van der Waals surface area contributed by atoms with Crippen LogP contribution in [0.15, 0.2) is 48.5 Å². The number of hydrogen-bond acceptors (Lipinski definition) is 2. The van der Waals surface area contributed by atoms with Crippen molar-refractivity contribution < 1.29 is 22.4 Å². The molecule has 140 valence electrons. The molecule has 8 heteroatoms. The molecule has 0 saturated carbocycles. The van der Waals surface area contributed by atoms with Gasteiger partial charge in [0.05, 0.1) is 16.9 Å². The Labute approximate surface area is 152 Å². The number of carbonyl (C=O) groups is 1. The Morgan fingerprint density at radius 2 is 1.74 bits per heavy atom. The number of nitrogens with zero attached hydrogens (tertiary/aromatic N) is 2. The number of hydrogen-bond donors (Lipinski definition) is 1. The SMILES string of the molecule is Cc1nn(C)c(F)c1C(=O)Nc1c(-c2ccccc2)cccc1C(F)(F)F. The smallest absolute Gasteiger partial charge is 0.321 e. The summed E-state index contributed by atoms with van der Waals surface area (Å²) >= 11 is 0. The predicted molar refractivity (Wildman–Crippen MR) is 92.7 cm³/mol. The third kappa shape index (κ3) is 3.55. The molecule has 0 aliphatic rings. The van der Waals surface area contributed by atoms with Crippen LogP contribution < -0.4 is 5.32 Å². The highest BCUT2D eigenvalue weighted by Crippen LogP contribution is 2.40. The van der Waals surface area contributed by atoms with Gasteiger partial charge in [-0.05, 0) is 18.6 Å². The van der Waals surface area contributed by atoms with E-state index in [2.05, 4.69) is 10.4 Å². The fourth-order valence-corrected chi connectivity index (χ4v) is 2.85. The third-order valence-corrected chi connectivity index (χ3v) is 4.07. The van der Waals surface area contributed by atoms with E-state index in [1.54, 1.807) is 30.3 Å². The average molecular weight is 377 g/mol. The topological polar surface area (TPSA) is 46.9 Å². The number of aromatic nitrogens is 2. The van der Waals surface area contributed by atoms with Gasteiger partial charge in [0, 0.05) is 12.6 Å². The minimum absolute atomic E-state index is 0.0817. The fraction of sp³-hybridized carbons (Fsp3) is 0.158. The average Bonchev–Trinajstić information content (AvgIpc) is 2.87. The van der Waals surface area contributed by atoms with Crippen molar-refractivity contribution in [3.05, 3.63) is 71.3 Å². The Hall–Kier alpha value is -3.16. The minimum Gasteiger partial charge on any atom is -0.321 e. The fourth-order valence-electron chi connectivity index (χ4n) is 2.85. The molecule has 3 rings (SSSR count). The van der Waals surface area contributed by atoms with Crippen LogP contribution in [0.1, 0.15) is 21.6 Å². The van der Waals surface area contributed by atoms with Gasteiger partial charge in [0.2, 0.25) is 5.95 Å². The summed E-state index contributed by atoms with van der Waals surface area (Å²) in [6.45, 7) is 1.41. The van der Waals surface area contributed by atoms with E-state index in [0.29, 0.717) is 5.56 Å². The molecule has 0 bridgehead atoms. The number of aryl methyl sites for hydroxylation is 2. The Morgan fingerprint density at radius 3 is 2.30 bits per heavy atom. The highest BCUT2D eigenvalue weighted by Gasteiger charge is 2.35. The molecule has 1 N–H and O–H groups in total. The van der Waals surface area contributed by atoms with Gasteiger partial charge in [0.1, 0.15) is 5.56 Å². The van der Waals surface area contributed by atoms with Gasteiger partial charge in [-0.15, -0.1) is 0 Å². The van der Waals surface area contributed by atoms with Crippen molar-refractivity contribution in [3.8, 4) is 11.1 Å². The second-order valence-corrected chi connectivity index (χ2v) is 5.92. The van der Waals surface area contributed by atoms with Crippen LogP contribution in [-0.2, 0) is 13.2 Å². The lowest BCUT2D eigenvalue weighted by Crippen LogP contribution is -2.19. The van der Waals surface area contributed by atoms with Crippen molar-refractivity contribution in [1.29, 1.82) is 0 Å². The molecule has 1 heterocycles. The summed E-state index contributed by atoms with van der Waals surface area (Å²) in [5, 5.41) is 6.03. The molecular formula is C19H15F4N3O. The first-order chi connectivity index (χ1) is 12.7. The van der Waals surface area contributed by atoms with E-state index in [1.165, 1.54) is 26.1 Å². The first-order valence-electron chi connectivity index (χ1n) is 7.96. The van der Waals surface area contributed by atoms with Gasteiger partial charge >= 0.3 is 6.18 Å². The number of anilines is 1. The zero-order chi connectivity index (χ0) is 19.8. The maximum Gasteiger partial charge on any atom is 0.418 e. The number of rotatable bonds is 3. The summed E-state index contributed by atoms with van der Waals surface area (Å²) in [5.41, 5.74) is -1.09. The lowest BCUT2D eigenvalue weighted by molar-refractivity contribution is -0.136. The van der Waals surface area contributed by atoms with Gasteiger partial charge in [-0.2, -0.15) is 22.7 Å². The molecule has 0 radical (unpaired) electrons. The van der Waals surface area contributed by atoms with Crippen LogP contribution >= 0.6 is 0 Å². The van der Waals surface area contributed by atoms with E-state index >= 15 is 0 Å². The van der Waals surface area contributed by atoms with Gasteiger partial charge in [-0.25, -0.2) is 4.68 Å². The molecule has 4 nitrogen and oxygen atoms in total. The van der Waals surface area contributed by atoms with Crippen molar-refractivity contribution in [2.75, 3.05) is 5.32 Å². The van der Waals surface area contributed by atoms with Gasteiger partial charge in [-0.1, -0.05) is 42.5 Å². The van der Waals surface area contributed by atoms with E-state index in [1.807, 2.05) is 0 Å². The summed E-state index contributed by atoms with van der Waals surface area (Å²) in [7, 11) is 1.30. The first-order valence-corrected chi connectivity index (χ1v) is 7.96. The van der Waals surface area contributed by atoms with Crippen molar-refractivity contribution in [3.63, 3.8) is 0 Å². The molecule has 3 aromatic rings. The van der Waals surface area contributed by atoms with Crippen LogP contribution in [0, 0.1) is 12.9 Å². The molecule has 0 aliphatic carbocycles. The largest absolute Gasteiger partial charge is 0.418 e. The van der Waals surface area contributed by atoms with Gasteiger partial charge < -0.3 is 5.32 Å². The standard InChI is InChI=1S/C19H15F4N3O/c1-11-15(17(20)26(2)25-11)18(27)24-16-13(12-7-4-3-5-8-12)9-6-10-14(16)19(21,22)23/h3-10H,1-2H3,(H,24,27). The summed E-state index contributed by atoms with van der Waals surface area (Å²) in [4.78, 5) is 12.6. The molecule has 0 atom stereocenters. The van der Waals surface area contributed by atoms with E-state index < -0.39 is 34.8 Å². The Bertz CT molecular complexity index is 994. The molecule has 0 fully saturated rings. The number of halogens is 4. The first kappa shape index (κ1) is 18.6. The maximum absolute atomic E-state index is 14.2. The lowest BCUT2D eigenvalue weighted by atomic mass is 9.99. The molecule has 0 unspecified atom stereocenters. The van der Waals surface area contributed by atoms with E-state index in [0.717, 1.165) is 10.7 Å².